The van der Waals surface area contributed by atoms with Crippen molar-refractivity contribution >= 4 is 23.2 Å². The Morgan fingerprint density at radius 3 is 2.38 bits per heavy atom. The molecule has 0 aliphatic heterocycles. The van der Waals surface area contributed by atoms with E-state index in [1.807, 2.05) is 32.0 Å². The van der Waals surface area contributed by atoms with E-state index in [1.165, 1.54) is 0 Å². The number of ether oxygens (including phenoxy) is 1. The molecule has 0 bridgehead atoms. The molecule has 0 atom stereocenters. The van der Waals surface area contributed by atoms with Crippen molar-refractivity contribution in [2.45, 2.75) is 13.3 Å². The molecular formula is C18H21N3O3. The van der Waals surface area contributed by atoms with Gasteiger partial charge in [-0.15, -0.1) is 0 Å². The van der Waals surface area contributed by atoms with Gasteiger partial charge in [0, 0.05) is 26.1 Å². The Balaban J connectivity index is 1.85. The number of pyridine rings is 1. The first-order valence-corrected chi connectivity index (χ1v) is 7.69. The first-order chi connectivity index (χ1) is 11.5. The normalized spacial score (nSPS) is 10.1. The SMILES string of the molecule is CCC(=O)c1ccc(OCC(=O)Nc2ccc(N(C)C)nc2)cc1. The van der Waals surface area contributed by atoms with Crippen molar-refractivity contribution in [2.24, 2.45) is 0 Å². The minimum absolute atomic E-state index is 0.0768. The smallest absolute Gasteiger partial charge is 0.262 e. The highest BCUT2D eigenvalue weighted by Crippen LogP contribution is 2.14. The van der Waals surface area contributed by atoms with Crippen molar-refractivity contribution in [3.63, 3.8) is 0 Å². The second kappa shape index (κ2) is 8.10. The van der Waals surface area contributed by atoms with Crippen LogP contribution < -0.4 is 15.0 Å². The molecule has 0 saturated heterocycles. The summed E-state index contributed by atoms with van der Waals surface area (Å²) in [5, 5.41) is 2.72. The average molecular weight is 327 g/mol. The number of aromatic nitrogens is 1. The van der Waals surface area contributed by atoms with Crippen LogP contribution in [0.5, 0.6) is 5.75 Å². The van der Waals surface area contributed by atoms with E-state index in [4.69, 9.17) is 4.74 Å². The molecule has 0 saturated carbocycles. The fourth-order valence-electron chi connectivity index (χ4n) is 2.01. The zero-order valence-electron chi connectivity index (χ0n) is 14.1. The number of hydrogen-bond donors (Lipinski definition) is 1. The summed E-state index contributed by atoms with van der Waals surface area (Å²) in [7, 11) is 3.79. The highest BCUT2D eigenvalue weighted by molar-refractivity contribution is 5.96. The van der Waals surface area contributed by atoms with E-state index >= 15 is 0 Å². The summed E-state index contributed by atoms with van der Waals surface area (Å²) in [6.07, 6.45) is 2.06. The fourth-order valence-corrected chi connectivity index (χ4v) is 2.01. The number of nitrogens with one attached hydrogen (secondary N) is 1. The monoisotopic (exact) mass is 327 g/mol. The number of benzene rings is 1. The van der Waals surface area contributed by atoms with Crippen molar-refractivity contribution in [2.75, 3.05) is 30.9 Å². The van der Waals surface area contributed by atoms with Crippen LogP contribution in [0.4, 0.5) is 11.5 Å². The van der Waals surface area contributed by atoms with Gasteiger partial charge in [0.25, 0.3) is 5.91 Å². The van der Waals surface area contributed by atoms with Crippen LogP contribution in [-0.4, -0.2) is 37.4 Å². The van der Waals surface area contributed by atoms with Gasteiger partial charge >= 0.3 is 0 Å². The number of anilines is 2. The van der Waals surface area contributed by atoms with Crippen LogP contribution in [0.25, 0.3) is 0 Å². The van der Waals surface area contributed by atoms with Gasteiger partial charge in [0.1, 0.15) is 11.6 Å². The Morgan fingerprint density at radius 2 is 1.83 bits per heavy atom. The predicted octanol–water partition coefficient (Wildman–Crippen LogP) is 2.76. The number of rotatable bonds is 7. The maximum atomic E-state index is 11.9. The Kier molecular flexibility index (Phi) is 5.89. The average Bonchev–Trinajstić information content (AvgIpc) is 2.60. The van der Waals surface area contributed by atoms with Crippen LogP contribution >= 0.6 is 0 Å². The molecule has 126 valence electrons. The lowest BCUT2D eigenvalue weighted by Gasteiger charge is -2.12. The lowest BCUT2D eigenvalue weighted by Crippen LogP contribution is -2.20. The van der Waals surface area contributed by atoms with E-state index in [0.717, 1.165) is 5.82 Å². The van der Waals surface area contributed by atoms with E-state index < -0.39 is 0 Å². The lowest BCUT2D eigenvalue weighted by molar-refractivity contribution is -0.118. The van der Waals surface area contributed by atoms with Gasteiger partial charge in [-0.2, -0.15) is 0 Å². The number of nitrogens with zero attached hydrogens (tertiary/aromatic N) is 2. The standard InChI is InChI=1S/C18H21N3O3/c1-4-16(22)13-5-8-15(9-6-13)24-12-18(23)20-14-7-10-17(19-11-14)21(2)3/h5-11H,4,12H2,1-3H3,(H,20,23). The molecule has 0 fully saturated rings. The number of carbonyl (C=O) groups excluding carboxylic acids is 2. The topological polar surface area (TPSA) is 71.5 Å². The van der Waals surface area contributed by atoms with Gasteiger partial charge in [0.2, 0.25) is 0 Å². The molecule has 1 aromatic carbocycles. The summed E-state index contributed by atoms with van der Waals surface area (Å²) < 4.78 is 5.42. The highest BCUT2D eigenvalue weighted by Gasteiger charge is 2.06. The van der Waals surface area contributed by atoms with Crippen LogP contribution in [0.3, 0.4) is 0 Å². The molecule has 0 unspecified atom stereocenters. The minimum atomic E-state index is -0.275. The van der Waals surface area contributed by atoms with Crippen molar-refractivity contribution < 1.29 is 14.3 Å². The molecule has 2 rings (SSSR count). The minimum Gasteiger partial charge on any atom is -0.484 e. The Morgan fingerprint density at radius 1 is 1.12 bits per heavy atom. The van der Waals surface area contributed by atoms with Crippen molar-refractivity contribution in [1.82, 2.24) is 4.98 Å². The van der Waals surface area contributed by atoms with Crippen LogP contribution in [0.1, 0.15) is 23.7 Å². The largest absolute Gasteiger partial charge is 0.484 e. The molecule has 6 heteroatoms. The number of amides is 1. The molecule has 6 nitrogen and oxygen atoms in total. The van der Waals surface area contributed by atoms with E-state index in [-0.39, 0.29) is 18.3 Å². The van der Waals surface area contributed by atoms with E-state index in [2.05, 4.69) is 10.3 Å². The Hall–Kier alpha value is -2.89. The molecule has 0 aliphatic rings. The van der Waals surface area contributed by atoms with Crippen molar-refractivity contribution in [1.29, 1.82) is 0 Å². The summed E-state index contributed by atoms with van der Waals surface area (Å²) in [6.45, 7) is 1.70. The molecule has 1 amide bonds. The zero-order valence-corrected chi connectivity index (χ0v) is 14.1. The third kappa shape index (κ3) is 4.81. The van der Waals surface area contributed by atoms with Gasteiger partial charge in [0.05, 0.1) is 11.9 Å². The maximum absolute atomic E-state index is 11.9. The predicted molar refractivity (Wildman–Crippen MR) is 93.8 cm³/mol. The number of carbonyl (C=O) groups is 2. The first kappa shape index (κ1) is 17.5. The van der Waals surface area contributed by atoms with E-state index in [9.17, 15) is 9.59 Å². The molecular weight excluding hydrogens is 306 g/mol. The number of Topliss-reactive ketones (excluding diaryl/α,β-unsaturated/α-hetero) is 1. The number of hydrogen-bond acceptors (Lipinski definition) is 5. The summed E-state index contributed by atoms with van der Waals surface area (Å²) in [4.78, 5) is 29.5. The van der Waals surface area contributed by atoms with Gasteiger partial charge in [-0.3, -0.25) is 9.59 Å². The third-order valence-corrected chi connectivity index (χ3v) is 3.36. The van der Waals surface area contributed by atoms with Gasteiger partial charge in [0.15, 0.2) is 12.4 Å². The third-order valence-electron chi connectivity index (χ3n) is 3.36. The molecule has 0 spiro atoms. The molecule has 24 heavy (non-hydrogen) atoms. The van der Waals surface area contributed by atoms with Gasteiger partial charge < -0.3 is 15.0 Å². The Bertz CT molecular complexity index is 694. The second-order valence-corrected chi connectivity index (χ2v) is 5.44. The van der Waals surface area contributed by atoms with Crippen LogP contribution in [0.15, 0.2) is 42.6 Å². The van der Waals surface area contributed by atoms with Gasteiger partial charge in [-0.05, 0) is 36.4 Å². The van der Waals surface area contributed by atoms with Crippen molar-refractivity contribution in [3.05, 3.63) is 48.2 Å². The van der Waals surface area contributed by atoms with Crippen LogP contribution in [0.2, 0.25) is 0 Å². The molecule has 1 heterocycles. The molecule has 1 aromatic heterocycles. The summed E-state index contributed by atoms with van der Waals surface area (Å²) in [5.41, 5.74) is 1.25. The Labute approximate surface area is 141 Å². The molecule has 1 N–H and O–H groups in total. The van der Waals surface area contributed by atoms with Crippen LogP contribution in [0, 0.1) is 0 Å². The van der Waals surface area contributed by atoms with Crippen LogP contribution in [-0.2, 0) is 4.79 Å². The maximum Gasteiger partial charge on any atom is 0.262 e. The van der Waals surface area contributed by atoms with E-state index in [1.54, 1.807) is 36.5 Å². The fraction of sp³-hybridized carbons (Fsp3) is 0.278. The highest BCUT2D eigenvalue weighted by atomic mass is 16.5. The lowest BCUT2D eigenvalue weighted by atomic mass is 10.1. The molecule has 2 aromatic rings. The van der Waals surface area contributed by atoms with Crippen molar-refractivity contribution in [3.8, 4) is 5.75 Å². The van der Waals surface area contributed by atoms with Gasteiger partial charge in [-0.25, -0.2) is 4.98 Å². The van der Waals surface area contributed by atoms with E-state index in [0.29, 0.717) is 23.4 Å². The summed E-state index contributed by atoms with van der Waals surface area (Å²) in [5.74, 6) is 1.15. The summed E-state index contributed by atoms with van der Waals surface area (Å²) >= 11 is 0. The first-order valence-electron chi connectivity index (χ1n) is 7.69. The molecule has 0 radical (unpaired) electrons. The second-order valence-electron chi connectivity index (χ2n) is 5.44. The summed E-state index contributed by atoms with van der Waals surface area (Å²) in [6, 6.07) is 10.4. The molecule has 0 aliphatic carbocycles. The number of ketones is 1. The zero-order chi connectivity index (χ0) is 17.5. The quantitative estimate of drug-likeness (QED) is 0.792. The van der Waals surface area contributed by atoms with Gasteiger partial charge in [-0.1, -0.05) is 6.92 Å².